The van der Waals surface area contributed by atoms with Gasteiger partial charge in [0, 0.05) is 28.6 Å². The number of aryl methyl sites for hydroxylation is 3. The molecule has 3 aromatic rings. The number of carbonyl (C=O) groups is 3. The van der Waals surface area contributed by atoms with Gasteiger partial charge in [0.15, 0.2) is 0 Å². The summed E-state index contributed by atoms with van der Waals surface area (Å²) in [7, 11) is 0. The van der Waals surface area contributed by atoms with Gasteiger partial charge in [-0.3, -0.25) is 9.59 Å². The average Bonchev–Trinajstić information content (AvgIpc) is 3.45. The zero-order valence-corrected chi connectivity index (χ0v) is 27.3. The topological polar surface area (TPSA) is 93.1 Å². The van der Waals surface area contributed by atoms with Crippen molar-refractivity contribution < 1.29 is 29.0 Å². The van der Waals surface area contributed by atoms with Crippen LogP contribution in [0.15, 0.2) is 65.6 Å². The van der Waals surface area contributed by atoms with Crippen molar-refractivity contribution in [1.29, 1.82) is 0 Å². The molecule has 0 bridgehead atoms. The SMILES string of the molecule is CSc1ccc(C=O)cc1.Cc1cc(CCC2CCN(C(=O)Oc3ccc(Cl)cc3)C2)cc(C)c1OC(C)(C)C.O=CO. The van der Waals surface area contributed by atoms with E-state index in [9.17, 15) is 9.59 Å². The Kier molecular flexibility index (Phi) is 14.6. The third-order valence-corrected chi connectivity index (χ3v) is 7.58. The summed E-state index contributed by atoms with van der Waals surface area (Å²) in [5.41, 5.74) is 4.22. The van der Waals surface area contributed by atoms with Crippen LogP contribution in [0.3, 0.4) is 0 Å². The second kappa shape index (κ2) is 17.6. The number of ether oxygens (including phenoxy) is 2. The minimum atomic E-state index is -0.282. The number of likely N-dealkylation sites (tertiary alicyclic amines) is 1. The van der Waals surface area contributed by atoms with E-state index >= 15 is 0 Å². The first kappa shape index (κ1) is 35.7. The van der Waals surface area contributed by atoms with Gasteiger partial charge in [-0.15, -0.1) is 11.8 Å². The van der Waals surface area contributed by atoms with Gasteiger partial charge in [0.1, 0.15) is 23.4 Å². The molecule has 43 heavy (non-hydrogen) atoms. The molecule has 1 amide bonds. The third kappa shape index (κ3) is 12.7. The van der Waals surface area contributed by atoms with E-state index in [-0.39, 0.29) is 18.2 Å². The molecule has 1 N–H and O–H groups in total. The Morgan fingerprint density at radius 1 is 1.05 bits per heavy atom. The van der Waals surface area contributed by atoms with Gasteiger partial charge in [0.2, 0.25) is 0 Å². The van der Waals surface area contributed by atoms with Gasteiger partial charge in [0.25, 0.3) is 6.47 Å². The lowest BCUT2D eigenvalue weighted by Crippen LogP contribution is -2.31. The molecule has 0 radical (unpaired) electrons. The molecule has 0 saturated carbocycles. The number of hydrogen-bond acceptors (Lipinski definition) is 6. The van der Waals surface area contributed by atoms with Crippen LogP contribution in [-0.2, 0) is 11.2 Å². The Balaban J connectivity index is 0.000000413. The number of carbonyl (C=O) groups excluding carboxylic acids is 2. The molecule has 3 aromatic carbocycles. The zero-order valence-electron chi connectivity index (χ0n) is 25.8. The Hall–Kier alpha value is -3.49. The summed E-state index contributed by atoms with van der Waals surface area (Å²) in [5, 5.41) is 7.51. The van der Waals surface area contributed by atoms with E-state index in [0.29, 0.717) is 16.7 Å². The number of aldehydes is 1. The fourth-order valence-corrected chi connectivity index (χ4v) is 5.14. The highest BCUT2D eigenvalue weighted by molar-refractivity contribution is 7.98. The monoisotopic (exact) mass is 627 g/mol. The molecular formula is C34H42ClNO6S. The predicted octanol–water partition coefficient (Wildman–Crippen LogP) is 8.51. The highest BCUT2D eigenvalue weighted by atomic mass is 35.5. The fourth-order valence-electron chi connectivity index (χ4n) is 4.61. The lowest BCUT2D eigenvalue weighted by atomic mass is 9.96. The van der Waals surface area contributed by atoms with Crippen LogP contribution in [0.25, 0.3) is 0 Å². The lowest BCUT2D eigenvalue weighted by Gasteiger charge is -2.24. The number of carboxylic acid groups (broad SMARTS) is 1. The van der Waals surface area contributed by atoms with E-state index in [1.54, 1.807) is 40.9 Å². The first-order valence-electron chi connectivity index (χ1n) is 14.1. The maximum Gasteiger partial charge on any atom is 0.415 e. The van der Waals surface area contributed by atoms with Gasteiger partial charge in [-0.25, -0.2) is 4.79 Å². The molecule has 1 aliphatic heterocycles. The summed E-state index contributed by atoms with van der Waals surface area (Å²) in [6, 6.07) is 18.8. The molecule has 4 rings (SSSR count). The van der Waals surface area contributed by atoms with Crippen LogP contribution >= 0.6 is 23.4 Å². The number of benzene rings is 3. The van der Waals surface area contributed by atoms with E-state index in [2.05, 4.69) is 46.8 Å². The second-order valence-electron chi connectivity index (χ2n) is 11.2. The van der Waals surface area contributed by atoms with Crippen molar-refractivity contribution in [3.63, 3.8) is 0 Å². The van der Waals surface area contributed by atoms with Crippen molar-refractivity contribution in [2.24, 2.45) is 5.92 Å². The van der Waals surface area contributed by atoms with Gasteiger partial charge in [-0.1, -0.05) is 35.9 Å². The number of rotatable bonds is 7. The summed E-state index contributed by atoms with van der Waals surface area (Å²) in [5.74, 6) is 2.01. The maximum absolute atomic E-state index is 12.4. The quantitative estimate of drug-likeness (QED) is 0.207. The summed E-state index contributed by atoms with van der Waals surface area (Å²) in [6.45, 7) is 11.7. The predicted molar refractivity (Wildman–Crippen MR) is 174 cm³/mol. The first-order chi connectivity index (χ1) is 20.4. The van der Waals surface area contributed by atoms with Crippen LogP contribution in [0.4, 0.5) is 4.79 Å². The van der Waals surface area contributed by atoms with Crippen LogP contribution in [-0.4, -0.2) is 53.8 Å². The molecular weight excluding hydrogens is 586 g/mol. The van der Waals surface area contributed by atoms with Gasteiger partial charge < -0.3 is 19.5 Å². The van der Waals surface area contributed by atoms with Crippen molar-refractivity contribution in [2.45, 2.75) is 64.4 Å². The minimum absolute atomic E-state index is 0.203. The van der Waals surface area contributed by atoms with Crippen molar-refractivity contribution in [1.82, 2.24) is 4.90 Å². The van der Waals surface area contributed by atoms with E-state index < -0.39 is 0 Å². The maximum atomic E-state index is 12.4. The molecule has 1 atom stereocenters. The van der Waals surface area contributed by atoms with Crippen LogP contribution in [0.2, 0.25) is 5.02 Å². The Morgan fingerprint density at radius 3 is 2.14 bits per heavy atom. The molecule has 0 spiro atoms. The molecule has 0 aromatic heterocycles. The minimum Gasteiger partial charge on any atom is -0.488 e. The largest absolute Gasteiger partial charge is 0.488 e. The number of thioether (sulfide) groups is 1. The van der Waals surface area contributed by atoms with Crippen LogP contribution < -0.4 is 9.47 Å². The summed E-state index contributed by atoms with van der Waals surface area (Å²) in [6.07, 6.45) is 5.65. The molecule has 232 valence electrons. The van der Waals surface area contributed by atoms with Crippen LogP contribution in [0.5, 0.6) is 11.5 Å². The number of amides is 1. The second-order valence-corrected chi connectivity index (χ2v) is 12.5. The summed E-state index contributed by atoms with van der Waals surface area (Å²) >= 11 is 7.55. The van der Waals surface area contributed by atoms with E-state index in [1.807, 2.05) is 30.5 Å². The fraction of sp³-hybridized carbons (Fsp3) is 0.382. The van der Waals surface area contributed by atoms with Crippen molar-refractivity contribution >= 4 is 42.2 Å². The van der Waals surface area contributed by atoms with Crippen molar-refractivity contribution in [3.05, 3.63) is 87.9 Å². The Labute approximate surface area is 264 Å². The first-order valence-corrected chi connectivity index (χ1v) is 15.7. The number of nitrogens with zero attached hydrogens (tertiary/aromatic N) is 1. The normalized spacial score (nSPS) is 14.0. The smallest absolute Gasteiger partial charge is 0.415 e. The van der Waals surface area contributed by atoms with Crippen molar-refractivity contribution in [2.75, 3.05) is 19.3 Å². The molecule has 1 aliphatic rings. The van der Waals surface area contributed by atoms with Gasteiger partial charge in [-0.05, 0) is 119 Å². The number of hydrogen-bond donors (Lipinski definition) is 1. The highest BCUT2D eigenvalue weighted by Gasteiger charge is 2.27. The standard InChI is InChI=1S/C25H32ClNO3.C8H8OS.CH2O2/c1-17-14-20(15-18(2)23(17)30-25(3,4)5)7-6-19-12-13-27(16-19)24(28)29-22-10-8-21(26)9-11-22;1-10-8-4-2-7(6-9)3-5-8;2-1-3/h8-11,14-15,19H,6-7,12-13,16H2,1-5H3;2-6H,1H3;1H,(H,2,3). The highest BCUT2D eigenvalue weighted by Crippen LogP contribution is 2.30. The molecule has 0 aliphatic carbocycles. The van der Waals surface area contributed by atoms with E-state index in [4.69, 9.17) is 31.0 Å². The summed E-state index contributed by atoms with van der Waals surface area (Å²) < 4.78 is 11.6. The summed E-state index contributed by atoms with van der Waals surface area (Å²) in [4.78, 5) is 34.0. The zero-order chi connectivity index (χ0) is 32.0. The van der Waals surface area contributed by atoms with Crippen LogP contribution in [0, 0.1) is 19.8 Å². The van der Waals surface area contributed by atoms with Crippen LogP contribution in [0.1, 0.15) is 60.7 Å². The Morgan fingerprint density at radius 2 is 1.63 bits per heavy atom. The van der Waals surface area contributed by atoms with Gasteiger partial charge in [-0.2, -0.15) is 0 Å². The van der Waals surface area contributed by atoms with Gasteiger partial charge >= 0.3 is 6.09 Å². The molecule has 7 nitrogen and oxygen atoms in total. The van der Waals surface area contributed by atoms with E-state index in [1.165, 1.54) is 21.6 Å². The Bertz CT molecular complexity index is 1300. The molecule has 1 unspecified atom stereocenters. The number of halogens is 1. The molecule has 1 saturated heterocycles. The molecule has 9 heteroatoms. The van der Waals surface area contributed by atoms with Crippen molar-refractivity contribution in [3.8, 4) is 11.5 Å². The molecule has 1 fully saturated rings. The third-order valence-electron chi connectivity index (χ3n) is 6.58. The van der Waals surface area contributed by atoms with E-state index in [0.717, 1.165) is 50.0 Å². The average molecular weight is 628 g/mol. The van der Waals surface area contributed by atoms with Gasteiger partial charge in [0.05, 0.1) is 0 Å². The lowest BCUT2D eigenvalue weighted by molar-refractivity contribution is -0.122. The molecule has 1 heterocycles.